The lowest BCUT2D eigenvalue weighted by Gasteiger charge is -2.34. The van der Waals surface area contributed by atoms with Gasteiger partial charge in [-0.1, -0.05) is 26.0 Å². The Morgan fingerprint density at radius 2 is 1.83 bits per heavy atom. The molecule has 0 N–H and O–H groups in total. The SMILES string of the molecule is COCCN(CC(C)C)C(=O)C1CCN(S(=O)(=O)c2ccccc2C(F)(F)F)CC1. The van der Waals surface area contributed by atoms with Crippen LogP contribution in [0, 0.1) is 11.8 Å². The second kappa shape index (κ2) is 10.1. The summed E-state index contributed by atoms with van der Waals surface area (Å²) in [6.45, 7) is 5.43. The maximum absolute atomic E-state index is 13.3. The topological polar surface area (TPSA) is 66.9 Å². The minimum Gasteiger partial charge on any atom is -0.383 e. The number of sulfonamides is 1. The van der Waals surface area contributed by atoms with Crippen LogP contribution in [0.2, 0.25) is 0 Å². The minimum atomic E-state index is -4.77. The highest BCUT2D eigenvalue weighted by Crippen LogP contribution is 2.36. The Hall–Kier alpha value is -1.65. The fourth-order valence-electron chi connectivity index (χ4n) is 3.60. The molecule has 2 rings (SSSR count). The number of hydrogen-bond acceptors (Lipinski definition) is 4. The normalized spacial score (nSPS) is 16.8. The lowest BCUT2D eigenvalue weighted by molar-refractivity contribution is -0.140. The number of carbonyl (C=O) groups excluding carboxylic acids is 1. The number of carbonyl (C=O) groups is 1. The monoisotopic (exact) mass is 450 g/mol. The van der Waals surface area contributed by atoms with Crippen molar-refractivity contribution in [3.05, 3.63) is 29.8 Å². The van der Waals surface area contributed by atoms with Gasteiger partial charge in [0.1, 0.15) is 0 Å². The highest BCUT2D eigenvalue weighted by Gasteiger charge is 2.40. The van der Waals surface area contributed by atoms with Crippen LogP contribution in [0.25, 0.3) is 0 Å². The summed E-state index contributed by atoms with van der Waals surface area (Å²) in [6.07, 6.45) is -4.22. The van der Waals surface area contributed by atoms with Gasteiger partial charge in [0.25, 0.3) is 0 Å². The number of methoxy groups -OCH3 is 1. The second-order valence-electron chi connectivity index (χ2n) is 7.84. The number of nitrogens with zero attached hydrogens (tertiary/aromatic N) is 2. The van der Waals surface area contributed by atoms with E-state index in [4.69, 9.17) is 4.74 Å². The van der Waals surface area contributed by atoms with Crippen molar-refractivity contribution >= 4 is 15.9 Å². The van der Waals surface area contributed by atoms with Crippen molar-refractivity contribution in [3.63, 3.8) is 0 Å². The number of hydrogen-bond donors (Lipinski definition) is 0. The summed E-state index contributed by atoms with van der Waals surface area (Å²) < 4.78 is 71.6. The van der Waals surface area contributed by atoms with E-state index in [0.29, 0.717) is 19.7 Å². The number of amides is 1. The number of ether oxygens (including phenoxy) is 1. The Morgan fingerprint density at radius 3 is 2.37 bits per heavy atom. The Balaban J connectivity index is 2.12. The smallest absolute Gasteiger partial charge is 0.383 e. The molecule has 1 saturated heterocycles. The molecule has 1 heterocycles. The van der Waals surface area contributed by atoms with Gasteiger partial charge in [0, 0.05) is 39.2 Å². The summed E-state index contributed by atoms with van der Waals surface area (Å²) in [4.78, 5) is 13.9. The van der Waals surface area contributed by atoms with Crippen molar-refractivity contribution < 1.29 is 31.1 Å². The van der Waals surface area contributed by atoms with E-state index in [1.165, 1.54) is 6.07 Å². The van der Waals surface area contributed by atoms with Crippen LogP contribution in [-0.4, -0.2) is 63.4 Å². The van der Waals surface area contributed by atoms with Gasteiger partial charge in [-0.05, 0) is 30.9 Å². The zero-order chi connectivity index (χ0) is 22.5. The summed E-state index contributed by atoms with van der Waals surface area (Å²) in [5, 5.41) is 0. The lowest BCUT2D eigenvalue weighted by Crippen LogP contribution is -2.46. The van der Waals surface area contributed by atoms with Crippen LogP contribution >= 0.6 is 0 Å². The Labute approximate surface area is 176 Å². The summed E-state index contributed by atoms with van der Waals surface area (Å²) in [5.41, 5.74) is -1.18. The number of piperidine rings is 1. The van der Waals surface area contributed by atoms with Crippen molar-refractivity contribution in [2.45, 2.75) is 37.8 Å². The molecule has 1 aromatic rings. The summed E-state index contributed by atoms with van der Waals surface area (Å²) in [7, 11) is -2.75. The first-order valence-corrected chi connectivity index (χ1v) is 11.4. The minimum absolute atomic E-state index is 0.00469. The van der Waals surface area contributed by atoms with E-state index in [0.717, 1.165) is 22.5 Å². The maximum atomic E-state index is 13.3. The van der Waals surface area contributed by atoms with E-state index >= 15 is 0 Å². The molecule has 0 aromatic heterocycles. The molecule has 0 radical (unpaired) electrons. The molecule has 1 amide bonds. The number of rotatable bonds is 8. The van der Waals surface area contributed by atoms with Gasteiger partial charge in [-0.25, -0.2) is 8.42 Å². The quantitative estimate of drug-likeness (QED) is 0.610. The summed E-state index contributed by atoms with van der Waals surface area (Å²) >= 11 is 0. The molecule has 170 valence electrons. The van der Waals surface area contributed by atoms with Gasteiger partial charge in [-0.2, -0.15) is 17.5 Å². The Kier molecular flexibility index (Phi) is 8.29. The third-order valence-corrected chi connectivity index (χ3v) is 7.03. The predicted octanol–water partition coefficient (Wildman–Crippen LogP) is 3.24. The fraction of sp³-hybridized carbons (Fsp3) is 0.650. The molecule has 1 aromatic carbocycles. The molecule has 1 aliphatic heterocycles. The van der Waals surface area contributed by atoms with Crippen LogP contribution in [0.4, 0.5) is 13.2 Å². The molecule has 0 atom stereocenters. The largest absolute Gasteiger partial charge is 0.417 e. The van der Waals surface area contributed by atoms with Gasteiger partial charge in [-0.3, -0.25) is 4.79 Å². The maximum Gasteiger partial charge on any atom is 0.417 e. The Morgan fingerprint density at radius 1 is 1.23 bits per heavy atom. The van der Waals surface area contributed by atoms with Crippen LogP contribution in [0.5, 0.6) is 0 Å². The second-order valence-corrected chi connectivity index (χ2v) is 9.75. The van der Waals surface area contributed by atoms with Crippen LogP contribution in [0.15, 0.2) is 29.2 Å². The van der Waals surface area contributed by atoms with Crippen molar-refractivity contribution in [2.24, 2.45) is 11.8 Å². The van der Waals surface area contributed by atoms with Gasteiger partial charge in [0.05, 0.1) is 17.1 Å². The Bertz CT molecular complexity index is 820. The molecular formula is C20H29F3N2O4S. The molecule has 0 saturated carbocycles. The van der Waals surface area contributed by atoms with E-state index in [9.17, 15) is 26.4 Å². The predicted molar refractivity (Wildman–Crippen MR) is 106 cm³/mol. The third kappa shape index (κ3) is 5.95. The molecule has 6 nitrogen and oxygen atoms in total. The third-order valence-electron chi connectivity index (χ3n) is 5.08. The first-order valence-electron chi connectivity index (χ1n) is 9.92. The van der Waals surface area contributed by atoms with Crippen LogP contribution in [-0.2, 0) is 25.7 Å². The first-order chi connectivity index (χ1) is 14.0. The van der Waals surface area contributed by atoms with Crippen molar-refractivity contribution in [2.75, 3.05) is 39.9 Å². The van der Waals surface area contributed by atoms with Gasteiger partial charge < -0.3 is 9.64 Å². The standard InChI is InChI=1S/C20H29F3N2O4S/c1-15(2)14-24(12-13-29-3)19(26)16-8-10-25(11-9-16)30(27,28)18-7-5-4-6-17(18)20(21,22)23/h4-7,15-16H,8-14H2,1-3H3. The lowest BCUT2D eigenvalue weighted by atomic mass is 9.96. The van der Waals surface area contributed by atoms with E-state index in [-0.39, 0.29) is 43.7 Å². The molecule has 0 bridgehead atoms. The van der Waals surface area contributed by atoms with E-state index in [1.54, 1.807) is 12.0 Å². The molecule has 10 heteroatoms. The highest BCUT2D eigenvalue weighted by atomic mass is 32.2. The van der Waals surface area contributed by atoms with Crippen LogP contribution < -0.4 is 0 Å². The first kappa shape index (κ1) is 24.6. The van der Waals surface area contributed by atoms with Crippen molar-refractivity contribution in [1.82, 2.24) is 9.21 Å². The number of halogens is 3. The van der Waals surface area contributed by atoms with Gasteiger partial charge in [0.15, 0.2) is 0 Å². The van der Waals surface area contributed by atoms with Crippen molar-refractivity contribution in [3.8, 4) is 0 Å². The molecular weight excluding hydrogens is 421 g/mol. The van der Waals surface area contributed by atoms with Gasteiger partial charge >= 0.3 is 6.18 Å². The zero-order valence-corrected chi connectivity index (χ0v) is 18.3. The molecule has 30 heavy (non-hydrogen) atoms. The van der Waals surface area contributed by atoms with Crippen LogP contribution in [0.1, 0.15) is 32.3 Å². The zero-order valence-electron chi connectivity index (χ0n) is 17.5. The van der Waals surface area contributed by atoms with Crippen molar-refractivity contribution in [1.29, 1.82) is 0 Å². The van der Waals surface area contributed by atoms with Gasteiger partial charge in [-0.15, -0.1) is 0 Å². The highest BCUT2D eigenvalue weighted by molar-refractivity contribution is 7.89. The van der Waals surface area contributed by atoms with Crippen LogP contribution in [0.3, 0.4) is 0 Å². The summed E-state index contributed by atoms with van der Waals surface area (Å²) in [5.74, 6) is -0.149. The fourth-order valence-corrected chi connectivity index (χ4v) is 5.28. The average molecular weight is 451 g/mol. The molecule has 1 aliphatic rings. The van der Waals surface area contributed by atoms with Gasteiger partial charge in [0.2, 0.25) is 15.9 Å². The van der Waals surface area contributed by atoms with E-state index < -0.39 is 26.7 Å². The molecule has 0 aliphatic carbocycles. The number of alkyl halides is 3. The molecule has 1 fully saturated rings. The average Bonchev–Trinajstić information content (AvgIpc) is 2.69. The number of benzene rings is 1. The summed E-state index contributed by atoms with van der Waals surface area (Å²) in [6, 6.07) is 4.18. The van der Waals surface area contributed by atoms with E-state index in [2.05, 4.69) is 0 Å². The molecule has 0 spiro atoms. The molecule has 0 unspecified atom stereocenters. The van der Waals surface area contributed by atoms with E-state index in [1.807, 2.05) is 13.8 Å².